The summed E-state index contributed by atoms with van der Waals surface area (Å²) in [7, 11) is -3.26. The molecule has 6 nitrogen and oxygen atoms in total. The number of hydrogen-bond donors (Lipinski definition) is 1. The zero-order valence-electron chi connectivity index (χ0n) is 19.1. The van der Waals surface area contributed by atoms with Crippen LogP contribution in [0.4, 0.5) is 0 Å². The van der Waals surface area contributed by atoms with Gasteiger partial charge >= 0.3 is 0 Å². The monoisotopic (exact) mass is 462 g/mol. The van der Waals surface area contributed by atoms with E-state index in [9.17, 15) is 8.42 Å². The fraction of sp³-hybridized carbons (Fsp3) is 0.760. The molecule has 2 saturated carbocycles. The minimum atomic E-state index is -3.26. The molecule has 6 rings (SSSR count). The largest absolute Gasteiger partial charge is 0.492 e. The van der Waals surface area contributed by atoms with Gasteiger partial charge in [-0.1, -0.05) is 24.6 Å². The summed E-state index contributed by atoms with van der Waals surface area (Å²) in [5.74, 6) is 2.18. The van der Waals surface area contributed by atoms with Crippen molar-refractivity contribution in [3.63, 3.8) is 0 Å². The molecule has 1 unspecified atom stereocenters. The first-order chi connectivity index (χ1) is 15.6. The van der Waals surface area contributed by atoms with E-state index < -0.39 is 10.0 Å². The molecule has 2 bridgehead atoms. The maximum Gasteiger partial charge on any atom is 0.212 e. The SMILES string of the molecule is O=S(=O)(CC1CCC1)NC1CCCN2CCOc3ccccc3C3CCC(CC3)OC[C@@H]12. The third-order valence-corrected chi connectivity index (χ3v) is 9.65. The Morgan fingerprint density at radius 2 is 1.78 bits per heavy atom. The van der Waals surface area contributed by atoms with Crippen molar-refractivity contribution in [2.45, 2.75) is 81.9 Å². The van der Waals surface area contributed by atoms with Crippen LogP contribution in [-0.4, -0.2) is 63.6 Å². The summed E-state index contributed by atoms with van der Waals surface area (Å²) in [5, 5.41) is 0. The van der Waals surface area contributed by atoms with Gasteiger partial charge in [0.2, 0.25) is 10.0 Å². The maximum absolute atomic E-state index is 12.9. The molecule has 1 aromatic carbocycles. The summed E-state index contributed by atoms with van der Waals surface area (Å²) < 4.78 is 41.6. The molecule has 3 aliphatic heterocycles. The first-order valence-electron chi connectivity index (χ1n) is 12.6. The van der Waals surface area contributed by atoms with Crippen LogP contribution in [0.2, 0.25) is 0 Å². The fourth-order valence-electron chi connectivity index (χ4n) is 6.01. The molecular weight excluding hydrogens is 424 g/mol. The Balaban J connectivity index is 1.32. The molecule has 0 aromatic heterocycles. The number of nitrogens with zero attached hydrogens (tertiary/aromatic N) is 1. The second-order valence-electron chi connectivity index (χ2n) is 10.2. The van der Waals surface area contributed by atoms with Crippen molar-refractivity contribution in [3.8, 4) is 5.75 Å². The normalized spacial score (nSPS) is 32.4. The van der Waals surface area contributed by atoms with Crippen LogP contribution in [0.1, 0.15) is 69.3 Å². The van der Waals surface area contributed by atoms with Gasteiger partial charge < -0.3 is 9.47 Å². The highest BCUT2D eigenvalue weighted by molar-refractivity contribution is 7.89. The van der Waals surface area contributed by atoms with Crippen molar-refractivity contribution in [3.05, 3.63) is 29.8 Å². The Bertz CT molecular complexity index is 864. The van der Waals surface area contributed by atoms with E-state index in [1.807, 2.05) is 0 Å². The third kappa shape index (κ3) is 5.32. The highest BCUT2D eigenvalue weighted by Crippen LogP contribution is 2.39. The van der Waals surface area contributed by atoms with Crippen molar-refractivity contribution < 1.29 is 17.9 Å². The predicted octanol–water partition coefficient (Wildman–Crippen LogP) is 3.67. The Hall–Kier alpha value is -1.15. The molecule has 5 aliphatic rings. The molecule has 3 fully saturated rings. The van der Waals surface area contributed by atoms with Crippen molar-refractivity contribution in [2.24, 2.45) is 5.92 Å². The Kier molecular flexibility index (Phi) is 7.07. The molecular formula is C25H38N2O4S. The van der Waals surface area contributed by atoms with Gasteiger partial charge in [0.25, 0.3) is 0 Å². The quantitative estimate of drug-likeness (QED) is 0.739. The maximum atomic E-state index is 12.9. The summed E-state index contributed by atoms with van der Waals surface area (Å²) in [5.41, 5.74) is 1.34. The zero-order valence-corrected chi connectivity index (χ0v) is 19.9. The smallest absolute Gasteiger partial charge is 0.212 e. The van der Waals surface area contributed by atoms with Crippen molar-refractivity contribution >= 4 is 10.0 Å². The van der Waals surface area contributed by atoms with Crippen LogP contribution in [-0.2, 0) is 14.8 Å². The number of benzene rings is 1. The van der Waals surface area contributed by atoms with Gasteiger partial charge in [-0.05, 0) is 81.4 Å². The Morgan fingerprint density at radius 3 is 2.56 bits per heavy atom. The van der Waals surface area contributed by atoms with Gasteiger partial charge in [0.1, 0.15) is 12.4 Å². The molecule has 178 valence electrons. The second kappa shape index (κ2) is 10.00. The Labute approximate surface area is 193 Å². The molecule has 7 heteroatoms. The van der Waals surface area contributed by atoms with Crippen LogP contribution in [0, 0.1) is 5.92 Å². The summed E-state index contributed by atoms with van der Waals surface area (Å²) in [6.45, 7) is 2.97. The van der Waals surface area contributed by atoms with E-state index in [2.05, 4.69) is 33.9 Å². The third-order valence-electron chi connectivity index (χ3n) is 8.08. The lowest BCUT2D eigenvalue weighted by Crippen LogP contribution is -2.58. The summed E-state index contributed by atoms with van der Waals surface area (Å²) in [4.78, 5) is 2.40. The predicted molar refractivity (Wildman–Crippen MR) is 126 cm³/mol. The Morgan fingerprint density at radius 1 is 0.969 bits per heavy atom. The molecule has 1 saturated heterocycles. The van der Waals surface area contributed by atoms with Gasteiger partial charge in [0.05, 0.1) is 18.5 Å². The molecule has 0 amide bonds. The van der Waals surface area contributed by atoms with Crippen LogP contribution in [0.3, 0.4) is 0 Å². The molecule has 3 heterocycles. The van der Waals surface area contributed by atoms with Crippen LogP contribution >= 0.6 is 0 Å². The van der Waals surface area contributed by atoms with Gasteiger partial charge in [-0.2, -0.15) is 0 Å². The van der Waals surface area contributed by atoms with Gasteiger partial charge in [-0.25, -0.2) is 13.1 Å². The molecule has 0 spiro atoms. The van der Waals surface area contributed by atoms with E-state index in [0.717, 1.165) is 70.2 Å². The fourth-order valence-corrected chi connectivity index (χ4v) is 7.80. The zero-order chi connectivity index (χ0) is 22.0. The van der Waals surface area contributed by atoms with E-state index in [-0.39, 0.29) is 23.9 Å². The molecule has 1 aromatic rings. The van der Waals surface area contributed by atoms with E-state index in [0.29, 0.717) is 25.0 Å². The van der Waals surface area contributed by atoms with Crippen LogP contribution in [0.5, 0.6) is 5.75 Å². The van der Waals surface area contributed by atoms with Crippen LogP contribution < -0.4 is 9.46 Å². The topological polar surface area (TPSA) is 67.9 Å². The van der Waals surface area contributed by atoms with Crippen LogP contribution in [0.25, 0.3) is 0 Å². The lowest BCUT2D eigenvalue weighted by Gasteiger charge is -2.42. The minimum absolute atomic E-state index is 0.0669. The van der Waals surface area contributed by atoms with Crippen molar-refractivity contribution in [1.29, 1.82) is 0 Å². The molecule has 2 aliphatic carbocycles. The lowest BCUT2D eigenvalue weighted by atomic mass is 9.82. The van der Waals surface area contributed by atoms with E-state index in [4.69, 9.17) is 9.47 Å². The molecule has 32 heavy (non-hydrogen) atoms. The average Bonchev–Trinajstić information content (AvgIpc) is 2.78. The number of rotatable bonds is 4. The number of ether oxygens (including phenoxy) is 2. The van der Waals surface area contributed by atoms with Gasteiger partial charge in [-0.15, -0.1) is 0 Å². The highest BCUT2D eigenvalue weighted by Gasteiger charge is 2.36. The van der Waals surface area contributed by atoms with E-state index in [1.165, 1.54) is 12.0 Å². The molecule has 1 N–H and O–H groups in total. The standard InChI is InChI=1S/C25H38N2O4S/c28-32(29,18-19-5-3-6-19)26-23-8-4-14-27-15-16-30-25-9-2-1-7-22(25)20-10-12-21(13-11-20)31-17-24(23)27/h1-2,7,9,19-21,23-24,26H,3-6,8,10-18H2/t20?,21?,23?,24-/m0/s1. The summed E-state index contributed by atoms with van der Waals surface area (Å²) >= 11 is 0. The van der Waals surface area contributed by atoms with Crippen molar-refractivity contribution in [2.75, 3.05) is 32.1 Å². The number of nitrogens with one attached hydrogen (secondary N) is 1. The number of para-hydroxylation sites is 1. The number of piperidine rings is 1. The van der Waals surface area contributed by atoms with Gasteiger partial charge in [0, 0.05) is 18.6 Å². The summed E-state index contributed by atoms with van der Waals surface area (Å²) in [6.07, 6.45) is 9.77. The number of sulfonamides is 1. The van der Waals surface area contributed by atoms with Crippen LogP contribution in [0.15, 0.2) is 24.3 Å². The molecule has 0 radical (unpaired) electrons. The molecule has 2 atom stereocenters. The van der Waals surface area contributed by atoms with E-state index >= 15 is 0 Å². The number of hydrogen-bond acceptors (Lipinski definition) is 5. The minimum Gasteiger partial charge on any atom is -0.492 e. The second-order valence-corrected chi connectivity index (χ2v) is 12.0. The number of fused-ring (bicyclic) bond motifs is 5. The average molecular weight is 463 g/mol. The summed E-state index contributed by atoms with van der Waals surface area (Å²) in [6, 6.07) is 8.48. The van der Waals surface area contributed by atoms with Gasteiger partial charge in [0.15, 0.2) is 0 Å². The van der Waals surface area contributed by atoms with Crippen molar-refractivity contribution in [1.82, 2.24) is 9.62 Å². The van der Waals surface area contributed by atoms with E-state index in [1.54, 1.807) is 0 Å². The first-order valence-corrected chi connectivity index (χ1v) is 14.3. The van der Waals surface area contributed by atoms with Gasteiger partial charge in [-0.3, -0.25) is 4.90 Å². The first kappa shape index (κ1) is 22.6. The highest BCUT2D eigenvalue weighted by atomic mass is 32.2. The lowest BCUT2D eigenvalue weighted by molar-refractivity contribution is -0.0284.